The molecule has 0 aliphatic heterocycles. The minimum Gasteiger partial charge on any atom is -0.484 e. The number of rotatable bonds is 3. The van der Waals surface area contributed by atoms with Crippen LogP contribution in [0.5, 0.6) is 5.75 Å². The Balaban J connectivity index is 2.25. The number of pyridine rings is 1. The van der Waals surface area contributed by atoms with E-state index >= 15 is 0 Å². The lowest BCUT2D eigenvalue weighted by Gasteiger charge is -2.17. The molecular formula is C13H9BrCl3NO. The van der Waals surface area contributed by atoms with E-state index in [1.165, 1.54) is 6.20 Å². The molecule has 1 aromatic heterocycles. The maximum absolute atomic E-state index is 6.14. The minimum atomic E-state index is -0.253. The molecule has 0 saturated heterocycles. The first kappa shape index (κ1) is 14.9. The van der Waals surface area contributed by atoms with E-state index in [1.54, 1.807) is 18.2 Å². The summed E-state index contributed by atoms with van der Waals surface area (Å²) in [4.78, 5) is 4.01. The van der Waals surface area contributed by atoms with E-state index in [1.807, 2.05) is 13.0 Å². The standard InChI is InChI=1S/C13H9BrCl3NO/c1-7(9-3-2-8(15)4-10(9)16)19-12-5-13(14)18-6-11(12)17/h2-7H,1H3/t7-/m1/s1. The minimum absolute atomic E-state index is 0.253. The molecular weight excluding hydrogens is 372 g/mol. The first-order valence-corrected chi connectivity index (χ1v) is 7.32. The number of benzene rings is 1. The highest BCUT2D eigenvalue weighted by Crippen LogP contribution is 2.33. The van der Waals surface area contributed by atoms with Gasteiger partial charge in [0, 0.05) is 21.7 Å². The van der Waals surface area contributed by atoms with Crippen LogP contribution in [-0.4, -0.2) is 4.98 Å². The van der Waals surface area contributed by atoms with Gasteiger partial charge in [-0.25, -0.2) is 4.98 Å². The average Bonchev–Trinajstić information content (AvgIpc) is 2.33. The largest absolute Gasteiger partial charge is 0.484 e. The third-order valence-electron chi connectivity index (χ3n) is 2.49. The Hall–Kier alpha value is -0.480. The fraction of sp³-hybridized carbons (Fsp3) is 0.154. The van der Waals surface area contributed by atoms with Gasteiger partial charge in [0.15, 0.2) is 0 Å². The lowest BCUT2D eigenvalue weighted by molar-refractivity contribution is 0.227. The van der Waals surface area contributed by atoms with E-state index in [0.717, 1.165) is 5.56 Å². The first-order valence-electron chi connectivity index (χ1n) is 5.40. The molecule has 1 aromatic carbocycles. The highest BCUT2D eigenvalue weighted by atomic mass is 79.9. The van der Waals surface area contributed by atoms with E-state index in [-0.39, 0.29) is 6.10 Å². The summed E-state index contributed by atoms with van der Waals surface area (Å²) < 4.78 is 6.46. The molecule has 0 radical (unpaired) electrons. The fourth-order valence-corrected chi connectivity index (χ4v) is 2.59. The summed E-state index contributed by atoms with van der Waals surface area (Å²) in [6, 6.07) is 7.00. The molecule has 0 aliphatic rings. The van der Waals surface area contributed by atoms with Crippen LogP contribution in [0, 0.1) is 0 Å². The normalized spacial score (nSPS) is 12.3. The number of halogens is 4. The number of hydrogen-bond acceptors (Lipinski definition) is 2. The SMILES string of the molecule is C[C@@H](Oc1cc(Br)ncc1Cl)c1ccc(Cl)cc1Cl. The molecule has 1 atom stereocenters. The van der Waals surface area contributed by atoms with Crippen molar-refractivity contribution in [3.05, 3.63) is 55.7 Å². The van der Waals surface area contributed by atoms with Crippen molar-refractivity contribution in [3.63, 3.8) is 0 Å². The Morgan fingerprint density at radius 2 is 1.89 bits per heavy atom. The van der Waals surface area contributed by atoms with Crippen molar-refractivity contribution >= 4 is 50.7 Å². The monoisotopic (exact) mass is 379 g/mol. The summed E-state index contributed by atoms with van der Waals surface area (Å²) in [5, 5.41) is 1.59. The zero-order valence-electron chi connectivity index (χ0n) is 9.83. The van der Waals surface area contributed by atoms with Crippen molar-refractivity contribution in [3.8, 4) is 5.75 Å². The molecule has 1 heterocycles. The van der Waals surface area contributed by atoms with E-state index in [4.69, 9.17) is 39.5 Å². The summed E-state index contributed by atoms with van der Waals surface area (Å²) >= 11 is 21.3. The van der Waals surface area contributed by atoms with Crippen molar-refractivity contribution < 1.29 is 4.74 Å². The van der Waals surface area contributed by atoms with Gasteiger partial charge in [-0.15, -0.1) is 0 Å². The van der Waals surface area contributed by atoms with Crippen molar-refractivity contribution in [2.24, 2.45) is 0 Å². The molecule has 0 spiro atoms. The number of ether oxygens (including phenoxy) is 1. The smallest absolute Gasteiger partial charge is 0.143 e. The molecule has 0 saturated carbocycles. The molecule has 0 aliphatic carbocycles. The van der Waals surface area contributed by atoms with Crippen molar-refractivity contribution in [2.75, 3.05) is 0 Å². The van der Waals surface area contributed by atoms with E-state index in [9.17, 15) is 0 Å². The zero-order chi connectivity index (χ0) is 14.0. The molecule has 2 aromatic rings. The molecule has 0 amide bonds. The molecule has 100 valence electrons. The molecule has 2 rings (SSSR count). The number of hydrogen-bond donors (Lipinski definition) is 0. The van der Waals surface area contributed by atoms with Crippen LogP contribution in [0.2, 0.25) is 15.1 Å². The van der Waals surface area contributed by atoms with E-state index in [0.29, 0.717) is 25.4 Å². The van der Waals surface area contributed by atoms with Gasteiger partial charge in [-0.2, -0.15) is 0 Å². The Morgan fingerprint density at radius 3 is 2.58 bits per heavy atom. The molecule has 19 heavy (non-hydrogen) atoms. The van der Waals surface area contributed by atoms with Crippen LogP contribution in [0.3, 0.4) is 0 Å². The predicted molar refractivity (Wildman–Crippen MR) is 82.5 cm³/mol. The molecule has 6 heteroatoms. The Kier molecular flexibility index (Phi) is 4.96. The number of nitrogens with zero attached hydrogens (tertiary/aromatic N) is 1. The lowest BCUT2D eigenvalue weighted by atomic mass is 10.1. The molecule has 2 nitrogen and oxygen atoms in total. The average molecular weight is 381 g/mol. The second-order valence-corrected chi connectivity index (χ2v) is 5.93. The second-order valence-electron chi connectivity index (χ2n) is 3.86. The van der Waals surface area contributed by atoms with E-state index < -0.39 is 0 Å². The van der Waals surface area contributed by atoms with Gasteiger partial charge in [0.25, 0.3) is 0 Å². The van der Waals surface area contributed by atoms with Gasteiger partial charge in [0.2, 0.25) is 0 Å². The fourth-order valence-electron chi connectivity index (χ4n) is 1.57. The van der Waals surface area contributed by atoms with Gasteiger partial charge in [0.1, 0.15) is 21.5 Å². The third kappa shape index (κ3) is 3.76. The highest BCUT2D eigenvalue weighted by molar-refractivity contribution is 9.10. The van der Waals surface area contributed by atoms with Crippen LogP contribution in [-0.2, 0) is 0 Å². The van der Waals surface area contributed by atoms with Crippen LogP contribution in [0.15, 0.2) is 35.1 Å². The van der Waals surface area contributed by atoms with Gasteiger partial charge >= 0.3 is 0 Å². The van der Waals surface area contributed by atoms with Crippen LogP contribution in [0.25, 0.3) is 0 Å². The Bertz CT molecular complexity index is 606. The van der Waals surface area contributed by atoms with Crippen molar-refractivity contribution in [2.45, 2.75) is 13.0 Å². The molecule has 0 fully saturated rings. The quantitative estimate of drug-likeness (QED) is 0.614. The van der Waals surface area contributed by atoms with Crippen LogP contribution in [0.4, 0.5) is 0 Å². The van der Waals surface area contributed by atoms with Crippen molar-refractivity contribution in [1.29, 1.82) is 0 Å². The van der Waals surface area contributed by atoms with Gasteiger partial charge < -0.3 is 4.74 Å². The predicted octanol–water partition coefficient (Wildman–Crippen LogP) is 5.94. The number of aromatic nitrogens is 1. The maximum atomic E-state index is 6.14. The summed E-state index contributed by atoms with van der Waals surface area (Å²) in [6.07, 6.45) is 1.27. The molecule has 0 unspecified atom stereocenters. The van der Waals surface area contributed by atoms with E-state index in [2.05, 4.69) is 20.9 Å². The molecule has 0 N–H and O–H groups in total. The van der Waals surface area contributed by atoms with Crippen LogP contribution >= 0.6 is 50.7 Å². The molecule has 0 bridgehead atoms. The third-order valence-corrected chi connectivity index (χ3v) is 3.77. The van der Waals surface area contributed by atoms with Gasteiger partial charge in [-0.05, 0) is 35.0 Å². The highest BCUT2D eigenvalue weighted by Gasteiger charge is 2.14. The summed E-state index contributed by atoms with van der Waals surface area (Å²) in [7, 11) is 0. The van der Waals surface area contributed by atoms with Gasteiger partial charge in [-0.3, -0.25) is 0 Å². The lowest BCUT2D eigenvalue weighted by Crippen LogP contribution is -2.04. The summed E-state index contributed by atoms with van der Waals surface area (Å²) in [5.74, 6) is 0.544. The zero-order valence-corrected chi connectivity index (χ0v) is 13.7. The topological polar surface area (TPSA) is 22.1 Å². The first-order chi connectivity index (χ1) is 8.97. The second kappa shape index (κ2) is 6.31. The van der Waals surface area contributed by atoms with Crippen LogP contribution in [0.1, 0.15) is 18.6 Å². The Labute approximate surface area is 134 Å². The summed E-state index contributed by atoms with van der Waals surface area (Å²) in [5.41, 5.74) is 0.843. The maximum Gasteiger partial charge on any atom is 0.143 e. The summed E-state index contributed by atoms with van der Waals surface area (Å²) in [6.45, 7) is 1.89. The Morgan fingerprint density at radius 1 is 1.16 bits per heavy atom. The van der Waals surface area contributed by atoms with Gasteiger partial charge in [-0.1, -0.05) is 40.9 Å². The van der Waals surface area contributed by atoms with Crippen molar-refractivity contribution in [1.82, 2.24) is 4.98 Å². The van der Waals surface area contributed by atoms with Gasteiger partial charge in [0.05, 0.1) is 6.20 Å². The van der Waals surface area contributed by atoms with Crippen LogP contribution < -0.4 is 4.74 Å².